The van der Waals surface area contributed by atoms with Crippen LogP contribution < -0.4 is 15.4 Å². The number of benzene rings is 2. The Hall–Kier alpha value is -3.03. The minimum Gasteiger partial charge on any atom is -0.482 e. The van der Waals surface area contributed by atoms with E-state index in [-0.39, 0.29) is 17.3 Å². The second-order valence-electron chi connectivity index (χ2n) is 5.09. The Kier molecular flexibility index (Phi) is 5.63. The number of carbonyl (C=O) groups excluding carboxylic acids is 2. The van der Waals surface area contributed by atoms with Crippen LogP contribution in [0.5, 0.6) is 5.75 Å². The number of para-hydroxylation sites is 2. The molecule has 0 radical (unpaired) electrons. The fraction of sp³-hybridized carbons (Fsp3) is 0.176. The molecule has 0 bridgehead atoms. The number of hydrogen-bond acceptors (Lipinski definition) is 3. The van der Waals surface area contributed by atoms with E-state index in [0.717, 1.165) is 12.1 Å². The number of anilines is 2. The Morgan fingerprint density at radius 1 is 1.04 bits per heavy atom. The average Bonchev–Trinajstić information content (AvgIpc) is 2.53. The SMILES string of the molecule is CC(=O)Nc1ccccc1OCC(=O)Nc1cccc(C(F)(F)F)c1. The monoisotopic (exact) mass is 352 g/mol. The van der Waals surface area contributed by atoms with Crippen molar-refractivity contribution in [1.82, 2.24) is 0 Å². The number of rotatable bonds is 5. The van der Waals surface area contributed by atoms with E-state index in [9.17, 15) is 22.8 Å². The fourth-order valence-electron chi connectivity index (χ4n) is 2.00. The maximum Gasteiger partial charge on any atom is 0.416 e. The molecule has 0 spiro atoms. The van der Waals surface area contributed by atoms with Gasteiger partial charge >= 0.3 is 6.18 Å². The van der Waals surface area contributed by atoms with E-state index in [4.69, 9.17) is 4.74 Å². The molecule has 2 aromatic carbocycles. The number of alkyl halides is 3. The summed E-state index contributed by atoms with van der Waals surface area (Å²) in [6.07, 6.45) is -4.49. The number of amides is 2. The van der Waals surface area contributed by atoms with Crippen molar-refractivity contribution in [2.75, 3.05) is 17.2 Å². The summed E-state index contributed by atoms with van der Waals surface area (Å²) in [4.78, 5) is 23.0. The maximum atomic E-state index is 12.7. The molecule has 0 saturated carbocycles. The first-order valence-electron chi connectivity index (χ1n) is 7.22. The van der Waals surface area contributed by atoms with Gasteiger partial charge in [0.1, 0.15) is 5.75 Å². The number of nitrogens with one attached hydrogen (secondary N) is 2. The topological polar surface area (TPSA) is 67.4 Å². The first-order chi connectivity index (χ1) is 11.8. The predicted octanol–water partition coefficient (Wildman–Crippen LogP) is 3.68. The lowest BCUT2D eigenvalue weighted by Gasteiger charge is -2.12. The summed E-state index contributed by atoms with van der Waals surface area (Å²) in [5.74, 6) is -0.654. The molecular formula is C17H15F3N2O3. The van der Waals surface area contributed by atoms with Crippen molar-refractivity contribution in [3.05, 3.63) is 54.1 Å². The molecule has 132 valence electrons. The first kappa shape index (κ1) is 18.3. The third-order valence-corrected chi connectivity index (χ3v) is 3.03. The Morgan fingerprint density at radius 3 is 2.44 bits per heavy atom. The van der Waals surface area contributed by atoms with Crippen molar-refractivity contribution in [2.45, 2.75) is 13.1 Å². The molecule has 0 aliphatic heterocycles. The summed E-state index contributed by atoms with van der Waals surface area (Å²) >= 11 is 0. The van der Waals surface area contributed by atoms with Gasteiger partial charge in [-0.3, -0.25) is 9.59 Å². The van der Waals surface area contributed by atoms with Crippen LogP contribution >= 0.6 is 0 Å². The van der Waals surface area contributed by atoms with Gasteiger partial charge < -0.3 is 15.4 Å². The molecule has 2 amide bonds. The van der Waals surface area contributed by atoms with E-state index < -0.39 is 24.3 Å². The number of ether oxygens (including phenoxy) is 1. The molecule has 2 aromatic rings. The highest BCUT2D eigenvalue weighted by molar-refractivity contribution is 5.93. The minimum absolute atomic E-state index is 0.0126. The highest BCUT2D eigenvalue weighted by Gasteiger charge is 2.30. The molecule has 2 rings (SSSR count). The minimum atomic E-state index is -4.49. The summed E-state index contributed by atoms with van der Waals surface area (Å²) in [5.41, 5.74) is -0.456. The summed E-state index contributed by atoms with van der Waals surface area (Å²) < 4.78 is 43.3. The van der Waals surface area contributed by atoms with Crippen molar-refractivity contribution in [3.8, 4) is 5.75 Å². The smallest absolute Gasteiger partial charge is 0.416 e. The van der Waals surface area contributed by atoms with Crippen LogP contribution in [0.25, 0.3) is 0 Å². The van der Waals surface area contributed by atoms with Gasteiger partial charge in [0.25, 0.3) is 5.91 Å². The van der Waals surface area contributed by atoms with E-state index >= 15 is 0 Å². The predicted molar refractivity (Wildman–Crippen MR) is 86.3 cm³/mol. The van der Waals surface area contributed by atoms with Crippen molar-refractivity contribution >= 4 is 23.2 Å². The van der Waals surface area contributed by atoms with Gasteiger partial charge in [0.15, 0.2) is 6.61 Å². The average molecular weight is 352 g/mol. The van der Waals surface area contributed by atoms with Gasteiger partial charge in [-0.05, 0) is 30.3 Å². The Balaban J connectivity index is 1.99. The highest BCUT2D eigenvalue weighted by Crippen LogP contribution is 2.30. The normalized spacial score (nSPS) is 10.9. The van der Waals surface area contributed by atoms with Crippen LogP contribution in [-0.4, -0.2) is 18.4 Å². The molecule has 5 nitrogen and oxygen atoms in total. The zero-order valence-corrected chi connectivity index (χ0v) is 13.2. The van der Waals surface area contributed by atoms with Gasteiger partial charge in [-0.2, -0.15) is 13.2 Å². The standard InChI is InChI=1S/C17H15F3N2O3/c1-11(23)21-14-7-2-3-8-15(14)25-10-16(24)22-13-6-4-5-12(9-13)17(18,19)20/h2-9H,10H2,1H3,(H,21,23)(H,22,24). The molecule has 0 unspecified atom stereocenters. The van der Waals surface area contributed by atoms with E-state index in [1.165, 1.54) is 19.1 Å². The van der Waals surface area contributed by atoms with Crippen LogP contribution in [0.15, 0.2) is 48.5 Å². The number of carbonyl (C=O) groups is 2. The molecule has 8 heteroatoms. The molecule has 25 heavy (non-hydrogen) atoms. The highest BCUT2D eigenvalue weighted by atomic mass is 19.4. The molecule has 0 saturated heterocycles. The van der Waals surface area contributed by atoms with Gasteiger partial charge in [-0.25, -0.2) is 0 Å². The van der Waals surface area contributed by atoms with Crippen LogP contribution in [-0.2, 0) is 15.8 Å². The molecule has 0 heterocycles. The zero-order valence-electron chi connectivity index (χ0n) is 13.2. The lowest BCUT2D eigenvalue weighted by molar-refractivity contribution is -0.137. The lowest BCUT2D eigenvalue weighted by atomic mass is 10.2. The summed E-state index contributed by atoms with van der Waals surface area (Å²) in [6.45, 7) is 0.907. The molecule has 0 atom stereocenters. The van der Waals surface area contributed by atoms with Crippen LogP contribution in [0.3, 0.4) is 0 Å². The van der Waals surface area contributed by atoms with Crippen molar-refractivity contribution in [3.63, 3.8) is 0 Å². The Labute approximate surface area is 141 Å². The molecule has 0 aliphatic carbocycles. The summed E-state index contributed by atoms with van der Waals surface area (Å²) in [5, 5.41) is 4.88. The van der Waals surface area contributed by atoms with Crippen LogP contribution in [0.2, 0.25) is 0 Å². The van der Waals surface area contributed by atoms with Gasteiger partial charge in [0.2, 0.25) is 5.91 Å². The maximum absolute atomic E-state index is 12.7. The first-order valence-corrected chi connectivity index (χ1v) is 7.22. The van der Waals surface area contributed by atoms with Crippen LogP contribution in [0.4, 0.5) is 24.5 Å². The van der Waals surface area contributed by atoms with Crippen LogP contribution in [0, 0.1) is 0 Å². The quantitative estimate of drug-likeness (QED) is 0.863. The van der Waals surface area contributed by atoms with Crippen LogP contribution in [0.1, 0.15) is 12.5 Å². The Morgan fingerprint density at radius 2 is 1.76 bits per heavy atom. The van der Waals surface area contributed by atoms with Gasteiger partial charge in [0.05, 0.1) is 11.3 Å². The van der Waals surface area contributed by atoms with E-state index in [1.54, 1.807) is 24.3 Å². The summed E-state index contributed by atoms with van der Waals surface area (Å²) in [6, 6.07) is 10.8. The fourth-order valence-corrected chi connectivity index (χ4v) is 2.00. The largest absolute Gasteiger partial charge is 0.482 e. The van der Waals surface area contributed by atoms with Crippen molar-refractivity contribution in [2.24, 2.45) is 0 Å². The van der Waals surface area contributed by atoms with E-state index in [2.05, 4.69) is 10.6 Å². The van der Waals surface area contributed by atoms with E-state index in [1.807, 2.05) is 0 Å². The van der Waals surface area contributed by atoms with Crippen molar-refractivity contribution in [1.29, 1.82) is 0 Å². The zero-order chi connectivity index (χ0) is 18.4. The second-order valence-corrected chi connectivity index (χ2v) is 5.09. The molecule has 0 aromatic heterocycles. The Bertz CT molecular complexity index is 776. The van der Waals surface area contributed by atoms with Gasteiger partial charge in [0, 0.05) is 12.6 Å². The second kappa shape index (κ2) is 7.69. The third-order valence-electron chi connectivity index (χ3n) is 3.03. The molecule has 0 aliphatic rings. The molecule has 0 fully saturated rings. The third kappa shape index (κ3) is 5.52. The van der Waals surface area contributed by atoms with Gasteiger partial charge in [-0.15, -0.1) is 0 Å². The lowest BCUT2D eigenvalue weighted by Crippen LogP contribution is -2.21. The number of halogens is 3. The molecular weight excluding hydrogens is 337 g/mol. The molecule has 2 N–H and O–H groups in total. The number of hydrogen-bond donors (Lipinski definition) is 2. The summed E-state index contributed by atoms with van der Waals surface area (Å²) in [7, 11) is 0. The van der Waals surface area contributed by atoms with Gasteiger partial charge in [-0.1, -0.05) is 18.2 Å². The van der Waals surface area contributed by atoms with Crippen molar-refractivity contribution < 1.29 is 27.5 Å². The van der Waals surface area contributed by atoms with E-state index in [0.29, 0.717) is 5.69 Å².